The highest BCUT2D eigenvalue weighted by molar-refractivity contribution is 5.85. The molecule has 0 saturated carbocycles. The maximum atomic E-state index is 13.0. The van der Waals surface area contributed by atoms with Gasteiger partial charge in [-0.15, -0.1) is 0 Å². The van der Waals surface area contributed by atoms with Gasteiger partial charge in [0.15, 0.2) is 0 Å². The van der Waals surface area contributed by atoms with Crippen LogP contribution in [0.2, 0.25) is 0 Å². The van der Waals surface area contributed by atoms with Crippen LogP contribution in [0, 0.1) is 5.92 Å². The van der Waals surface area contributed by atoms with Gasteiger partial charge >= 0.3 is 6.09 Å². The van der Waals surface area contributed by atoms with Crippen LogP contribution in [0.1, 0.15) is 25.2 Å². The van der Waals surface area contributed by atoms with Crippen LogP contribution in [-0.4, -0.2) is 40.0 Å². The number of aromatic amines is 1. The van der Waals surface area contributed by atoms with Gasteiger partial charge in [0.25, 0.3) is 5.56 Å². The molecule has 0 saturated heterocycles. The molecule has 162 valence electrons. The second-order valence-electron chi connectivity index (χ2n) is 7.65. The lowest BCUT2D eigenvalue weighted by Crippen LogP contribution is -2.50. The minimum absolute atomic E-state index is 0.100. The number of alkyl carbamates (subject to hydrolysis) is 1. The van der Waals surface area contributed by atoms with E-state index in [-0.39, 0.29) is 30.5 Å². The molecule has 2 N–H and O–H groups in total. The van der Waals surface area contributed by atoms with Crippen molar-refractivity contribution >= 4 is 22.9 Å². The van der Waals surface area contributed by atoms with Gasteiger partial charge in [-0.25, -0.2) is 9.78 Å². The molecule has 0 aliphatic heterocycles. The smallest absolute Gasteiger partial charge is 0.408 e. The third kappa shape index (κ3) is 5.69. The zero-order valence-corrected chi connectivity index (χ0v) is 17.8. The van der Waals surface area contributed by atoms with Gasteiger partial charge in [0.1, 0.15) is 18.5 Å². The Balaban J connectivity index is 1.65. The Hall–Kier alpha value is -3.68. The monoisotopic (exact) mass is 422 g/mol. The largest absolute Gasteiger partial charge is 0.445 e. The van der Waals surface area contributed by atoms with Crippen LogP contribution in [0.5, 0.6) is 0 Å². The van der Waals surface area contributed by atoms with Crippen molar-refractivity contribution < 1.29 is 14.3 Å². The van der Waals surface area contributed by atoms with Crippen LogP contribution in [0.25, 0.3) is 10.9 Å². The molecule has 0 aliphatic carbocycles. The summed E-state index contributed by atoms with van der Waals surface area (Å²) < 4.78 is 5.24. The summed E-state index contributed by atoms with van der Waals surface area (Å²) in [5.41, 5.74) is 1.16. The predicted octanol–water partition coefficient (Wildman–Crippen LogP) is 2.83. The second-order valence-corrected chi connectivity index (χ2v) is 7.65. The van der Waals surface area contributed by atoms with Gasteiger partial charge in [0, 0.05) is 7.05 Å². The Labute approximate surface area is 180 Å². The van der Waals surface area contributed by atoms with E-state index in [2.05, 4.69) is 15.3 Å². The number of nitrogens with one attached hydrogen (secondary N) is 2. The number of H-pyrrole nitrogens is 1. The Bertz CT molecular complexity index is 1110. The van der Waals surface area contributed by atoms with Gasteiger partial charge in [0.2, 0.25) is 5.91 Å². The van der Waals surface area contributed by atoms with E-state index in [4.69, 9.17) is 4.74 Å². The summed E-state index contributed by atoms with van der Waals surface area (Å²) in [5.74, 6) is -0.0981. The molecule has 0 unspecified atom stereocenters. The number of carbonyl (C=O) groups is 2. The number of aromatic nitrogens is 2. The molecule has 3 rings (SSSR count). The predicted molar refractivity (Wildman–Crippen MR) is 117 cm³/mol. The van der Waals surface area contributed by atoms with Gasteiger partial charge in [-0.05, 0) is 23.6 Å². The lowest BCUT2D eigenvalue weighted by atomic mass is 10.0. The van der Waals surface area contributed by atoms with Crippen molar-refractivity contribution in [2.45, 2.75) is 33.0 Å². The van der Waals surface area contributed by atoms with Crippen LogP contribution < -0.4 is 10.9 Å². The summed E-state index contributed by atoms with van der Waals surface area (Å²) in [5, 5.41) is 3.14. The topological polar surface area (TPSA) is 104 Å². The molecular formula is C23H26N4O4. The highest BCUT2D eigenvalue weighted by Crippen LogP contribution is 2.10. The first-order valence-corrected chi connectivity index (χ1v) is 10.0. The molecule has 8 heteroatoms. The molecule has 1 heterocycles. The summed E-state index contributed by atoms with van der Waals surface area (Å²) in [6.07, 6.45) is -0.665. The van der Waals surface area contributed by atoms with Crippen LogP contribution in [0.4, 0.5) is 4.79 Å². The number of nitrogens with zero attached hydrogens (tertiary/aromatic N) is 2. The lowest BCUT2D eigenvalue weighted by molar-refractivity contribution is -0.133. The minimum Gasteiger partial charge on any atom is -0.445 e. The number of amides is 2. The van der Waals surface area contributed by atoms with Crippen LogP contribution >= 0.6 is 0 Å². The quantitative estimate of drug-likeness (QED) is 0.609. The Morgan fingerprint density at radius 2 is 1.77 bits per heavy atom. The molecule has 0 fully saturated rings. The maximum absolute atomic E-state index is 13.0. The summed E-state index contributed by atoms with van der Waals surface area (Å²) >= 11 is 0. The molecule has 1 aromatic heterocycles. The Morgan fingerprint density at radius 1 is 1.10 bits per heavy atom. The molecule has 0 radical (unpaired) electrons. The van der Waals surface area contributed by atoms with Gasteiger partial charge in [-0.1, -0.05) is 56.3 Å². The highest BCUT2D eigenvalue weighted by Gasteiger charge is 2.28. The fraction of sp³-hybridized carbons (Fsp3) is 0.304. The number of para-hydroxylation sites is 1. The number of hydrogen-bond acceptors (Lipinski definition) is 5. The fourth-order valence-corrected chi connectivity index (χ4v) is 3.16. The van der Waals surface area contributed by atoms with E-state index in [0.717, 1.165) is 5.56 Å². The van der Waals surface area contributed by atoms with Gasteiger partial charge in [-0.2, -0.15) is 0 Å². The maximum Gasteiger partial charge on any atom is 0.408 e. The Kier molecular flexibility index (Phi) is 7.02. The number of likely N-dealkylation sites (N-methyl/N-ethyl adjacent to an activating group) is 1. The van der Waals surface area contributed by atoms with Crippen molar-refractivity contribution in [1.82, 2.24) is 20.2 Å². The second kappa shape index (κ2) is 9.88. The van der Waals surface area contributed by atoms with Crippen LogP contribution in [-0.2, 0) is 22.7 Å². The third-order valence-electron chi connectivity index (χ3n) is 4.84. The van der Waals surface area contributed by atoms with E-state index in [9.17, 15) is 14.4 Å². The fourth-order valence-electron chi connectivity index (χ4n) is 3.16. The van der Waals surface area contributed by atoms with Crippen molar-refractivity contribution in [3.8, 4) is 0 Å². The van der Waals surface area contributed by atoms with Gasteiger partial charge in [-0.3, -0.25) is 9.59 Å². The molecule has 8 nitrogen and oxygen atoms in total. The number of fused-ring (bicyclic) bond motifs is 1. The summed E-state index contributed by atoms with van der Waals surface area (Å²) in [7, 11) is 1.60. The molecule has 1 atom stereocenters. The van der Waals surface area contributed by atoms with Crippen LogP contribution in [0.15, 0.2) is 59.4 Å². The van der Waals surface area contributed by atoms with Crippen molar-refractivity contribution in [3.05, 3.63) is 76.3 Å². The summed E-state index contributed by atoms with van der Waals surface area (Å²) in [4.78, 5) is 46.0. The number of benzene rings is 2. The van der Waals surface area contributed by atoms with E-state index >= 15 is 0 Å². The highest BCUT2D eigenvalue weighted by atomic mass is 16.5. The first kappa shape index (κ1) is 22.0. The van der Waals surface area contributed by atoms with Gasteiger partial charge < -0.3 is 19.9 Å². The average Bonchev–Trinajstić information content (AvgIpc) is 2.76. The third-order valence-corrected chi connectivity index (χ3v) is 4.84. The Morgan fingerprint density at radius 3 is 2.48 bits per heavy atom. The molecular weight excluding hydrogens is 396 g/mol. The normalized spacial score (nSPS) is 11.9. The first-order chi connectivity index (χ1) is 14.8. The van der Waals surface area contributed by atoms with E-state index < -0.39 is 12.1 Å². The van der Waals surface area contributed by atoms with Gasteiger partial charge in [0.05, 0.1) is 17.4 Å². The van der Waals surface area contributed by atoms with Crippen molar-refractivity contribution in [1.29, 1.82) is 0 Å². The van der Waals surface area contributed by atoms with E-state index in [1.807, 2.05) is 44.2 Å². The minimum atomic E-state index is -0.777. The average molecular weight is 422 g/mol. The van der Waals surface area contributed by atoms with E-state index in [1.54, 1.807) is 31.3 Å². The van der Waals surface area contributed by atoms with E-state index in [1.165, 1.54) is 4.90 Å². The van der Waals surface area contributed by atoms with Crippen molar-refractivity contribution in [2.24, 2.45) is 5.92 Å². The summed E-state index contributed by atoms with van der Waals surface area (Å²) in [6.45, 7) is 3.89. The zero-order chi connectivity index (χ0) is 22.4. The number of ether oxygens (including phenoxy) is 1. The standard InChI is InChI=1S/C23H26N4O4/c1-15(2)20(26-23(30)31-14-16-9-5-4-6-10-16)22(29)27(3)13-19-24-18-12-8-7-11-17(18)21(28)25-19/h4-12,15,20H,13-14H2,1-3H3,(H,26,30)(H,24,25,28)/t20-/m0/s1. The first-order valence-electron chi connectivity index (χ1n) is 10.0. The van der Waals surface area contributed by atoms with Crippen LogP contribution in [0.3, 0.4) is 0 Å². The van der Waals surface area contributed by atoms with Crippen molar-refractivity contribution in [3.63, 3.8) is 0 Å². The number of carbonyl (C=O) groups excluding carboxylic acids is 2. The molecule has 0 bridgehead atoms. The van der Waals surface area contributed by atoms with E-state index in [0.29, 0.717) is 16.7 Å². The molecule has 3 aromatic rings. The molecule has 2 amide bonds. The van der Waals surface area contributed by atoms with Crippen molar-refractivity contribution in [2.75, 3.05) is 7.05 Å². The summed E-state index contributed by atoms with van der Waals surface area (Å²) in [6, 6.07) is 15.5. The zero-order valence-electron chi connectivity index (χ0n) is 17.8. The molecule has 2 aromatic carbocycles. The molecule has 0 spiro atoms. The SMILES string of the molecule is CC(C)[C@H](NC(=O)OCc1ccccc1)C(=O)N(C)Cc1nc2ccccc2c(=O)[nH]1. The molecule has 0 aliphatic rings. The number of rotatable bonds is 7. The molecule has 31 heavy (non-hydrogen) atoms. The lowest BCUT2D eigenvalue weighted by Gasteiger charge is -2.26. The number of hydrogen-bond donors (Lipinski definition) is 2.